The number of nitrogens with one attached hydrogen (secondary N) is 1. The monoisotopic (exact) mass is 328 g/mol. The van der Waals surface area contributed by atoms with Crippen molar-refractivity contribution in [2.45, 2.75) is 12.8 Å². The number of aliphatic carboxylic acids is 1. The van der Waals surface area contributed by atoms with Gasteiger partial charge < -0.3 is 10.8 Å². The summed E-state index contributed by atoms with van der Waals surface area (Å²) in [7, 11) is 0. The third-order valence-corrected chi connectivity index (χ3v) is 2.47. The van der Waals surface area contributed by atoms with Crippen molar-refractivity contribution < 1.29 is 27.9 Å². The third kappa shape index (κ3) is 7.18. The maximum Gasteiger partial charge on any atom is 0.490 e. The molecule has 0 fully saturated rings. The summed E-state index contributed by atoms with van der Waals surface area (Å²) < 4.78 is 31.7. The minimum atomic E-state index is -5.08. The van der Waals surface area contributed by atoms with Crippen LogP contribution in [-0.2, 0) is 16.2 Å². The number of para-hydroxylation sites is 2. The summed E-state index contributed by atoms with van der Waals surface area (Å²) in [5, 5.41) is 7.12. The molecule has 0 bridgehead atoms. The Morgan fingerprint density at radius 3 is 2.13 bits per heavy atom. The Morgan fingerprint density at radius 1 is 1.09 bits per heavy atom. The Bertz CT molecular complexity index is 619. The zero-order chi connectivity index (χ0) is 17.3. The van der Waals surface area contributed by atoms with E-state index in [0.29, 0.717) is 12.3 Å². The summed E-state index contributed by atoms with van der Waals surface area (Å²) >= 11 is 0. The maximum atomic E-state index is 10.6. The van der Waals surface area contributed by atoms with Gasteiger partial charge in [0.05, 0.1) is 18.0 Å². The average molecular weight is 328 g/mol. The molecule has 0 atom stereocenters. The number of nitrogens with two attached hydrogens (primary N) is 1. The van der Waals surface area contributed by atoms with Crippen molar-refractivity contribution in [2.75, 3.05) is 11.2 Å². The molecule has 2 aromatic rings. The highest BCUT2D eigenvalue weighted by molar-refractivity contribution is 5.73. The fraction of sp³-hybridized carbons (Fsp3) is 0.133. The van der Waals surface area contributed by atoms with Crippen LogP contribution in [0.5, 0.6) is 0 Å². The van der Waals surface area contributed by atoms with Gasteiger partial charge in [-0.1, -0.05) is 42.5 Å². The molecular weight excluding hydrogens is 313 g/mol. The van der Waals surface area contributed by atoms with E-state index in [4.69, 9.17) is 20.5 Å². The quantitative estimate of drug-likeness (QED) is 0.591. The maximum absolute atomic E-state index is 10.6. The smallest absolute Gasteiger partial charge is 0.475 e. The van der Waals surface area contributed by atoms with Gasteiger partial charge in [-0.2, -0.15) is 13.2 Å². The highest BCUT2D eigenvalue weighted by Gasteiger charge is 2.38. The predicted octanol–water partition coefficient (Wildman–Crippen LogP) is 3.45. The molecule has 124 valence electrons. The second-order valence-electron chi connectivity index (χ2n) is 4.27. The molecule has 2 aromatic carbocycles. The van der Waals surface area contributed by atoms with Gasteiger partial charge >= 0.3 is 12.1 Å². The molecule has 0 radical (unpaired) electrons. The van der Waals surface area contributed by atoms with Crippen molar-refractivity contribution >= 4 is 17.3 Å². The first-order chi connectivity index (χ1) is 10.8. The van der Waals surface area contributed by atoms with Crippen molar-refractivity contribution in [3.8, 4) is 0 Å². The fourth-order valence-electron chi connectivity index (χ4n) is 1.36. The second kappa shape index (κ2) is 8.64. The Kier molecular flexibility index (Phi) is 6.88. The average Bonchev–Trinajstić information content (AvgIpc) is 2.50. The molecule has 0 aliphatic rings. The number of halogens is 3. The predicted molar refractivity (Wildman–Crippen MR) is 79.4 cm³/mol. The van der Waals surface area contributed by atoms with Crippen LogP contribution in [0, 0.1) is 0 Å². The topological polar surface area (TPSA) is 84.6 Å². The molecule has 8 heteroatoms. The van der Waals surface area contributed by atoms with Crippen LogP contribution in [0.15, 0.2) is 54.6 Å². The van der Waals surface area contributed by atoms with Crippen LogP contribution in [-0.4, -0.2) is 17.3 Å². The molecule has 0 aromatic heterocycles. The van der Waals surface area contributed by atoms with Gasteiger partial charge in [0, 0.05) is 0 Å². The van der Waals surface area contributed by atoms with Crippen molar-refractivity contribution in [2.24, 2.45) is 0 Å². The van der Waals surface area contributed by atoms with E-state index in [-0.39, 0.29) is 0 Å². The van der Waals surface area contributed by atoms with E-state index in [1.807, 2.05) is 54.6 Å². The molecule has 0 amide bonds. The lowest BCUT2D eigenvalue weighted by Gasteiger charge is -2.08. The summed E-state index contributed by atoms with van der Waals surface area (Å²) in [6, 6.07) is 17.5. The standard InChI is InChI=1S/C13H14N2O.C2HF3O2/c14-12-8-4-5-9-13(12)15-16-10-11-6-2-1-3-7-11;3-2(4,5)1(6)7/h1-9,15H,10,14H2;(H,6,7). The van der Waals surface area contributed by atoms with E-state index in [1.165, 1.54) is 0 Å². The third-order valence-electron chi connectivity index (χ3n) is 2.47. The van der Waals surface area contributed by atoms with Crippen molar-refractivity contribution in [1.82, 2.24) is 0 Å². The molecule has 2 rings (SSSR count). The lowest BCUT2D eigenvalue weighted by Crippen LogP contribution is -2.21. The van der Waals surface area contributed by atoms with E-state index in [1.54, 1.807) is 0 Å². The number of carboxylic acids is 1. The van der Waals surface area contributed by atoms with Crippen LogP contribution < -0.4 is 11.2 Å². The fourth-order valence-corrected chi connectivity index (χ4v) is 1.36. The molecule has 0 spiro atoms. The number of rotatable bonds is 4. The minimum Gasteiger partial charge on any atom is -0.475 e. The molecule has 0 unspecified atom stereocenters. The number of alkyl halides is 3. The molecule has 4 N–H and O–H groups in total. The van der Waals surface area contributed by atoms with Crippen LogP contribution in [0.1, 0.15) is 5.56 Å². The van der Waals surface area contributed by atoms with Crippen LogP contribution in [0.4, 0.5) is 24.5 Å². The van der Waals surface area contributed by atoms with E-state index in [9.17, 15) is 13.2 Å². The van der Waals surface area contributed by atoms with Crippen LogP contribution in [0.25, 0.3) is 0 Å². The van der Waals surface area contributed by atoms with Gasteiger partial charge in [-0.3, -0.25) is 10.3 Å². The van der Waals surface area contributed by atoms with Gasteiger partial charge in [-0.05, 0) is 17.7 Å². The van der Waals surface area contributed by atoms with Gasteiger partial charge in [-0.25, -0.2) is 4.79 Å². The molecule has 0 saturated heterocycles. The second-order valence-corrected chi connectivity index (χ2v) is 4.27. The molecule has 23 heavy (non-hydrogen) atoms. The zero-order valence-corrected chi connectivity index (χ0v) is 11.9. The highest BCUT2D eigenvalue weighted by atomic mass is 19.4. The van der Waals surface area contributed by atoms with Gasteiger partial charge in [0.15, 0.2) is 0 Å². The minimum absolute atomic E-state index is 0.509. The largest absolute Gasteiger partial charge is 0.490 e. The summed E-state index contributed by atoms with van der Waals surface area (Å²) in [5.74, 6) is -2.76. The number of nitrogen functional groups attached to an aromatic ring is 1. The summed E-state index contributed by atoms with van der Waals surface area (Å²) in [6.07, 6.45) is -5.08. The Hall–Kier alpha value is -2.74. The van der Waals surface area contributed by atoms with Crippen molar-refractivity contribution in [3.63, 3.8) is 0 Å². The number of benzene rings is 2. The van der Waals surface area contributed by atoms with E-state index in [0.717, 1.165) is 11.3 Å². The first-order valence-electron chi connectivity index (χ1n) is 6.37. The van der Waals surface area contributed by atoms with Gasteiger partial charge in [-0.15, -0.1) is 0 Å². The molecule has 0 aliphatic carbocycles. The summed E-state index contributed by atoms with van der Waals surface area (Å²) in [4.78, 5) is 14.3. The van der Waals surface area contributed by atoms with Crippen LogP contribution in [0.3, 0.4) is 0 Å². The molecular formula is C15H15F3N2O3. The van der Waals surface area contributed by atoms with Crippen LogP contribution in [0.2, 0.25) is 0 Å². The normalized spacial score (nSPS) is 10.4. The van der Waals surface area contributed by atoms with Gasteiger partial charge in [0.2, 0.25) is 0 Å². The van der Waals surface area contributed by atoms with Gasteiger partial charge in [0.1, 0.15) is 0 Å². The number of anilines is 2. The Balaban J connectivity index is 0.000000322. The summed E-state index contributed by atoms with van der Waals surface area (Å²) in [6.45, 7) is 0.509. The Morgan fingerprint density at radius 2 is 1.61 bits per heavy atom. The highest BCUT2D eigenvalue weighted by Crippen LogP contribution is 2.17. The first kappa shape index (κ1) is 18.3. The number of hydrogen-bond donors (Lipinski definition) is 3. The molecule has 5 nitrogen and oxygen atoms in total. The van der Waals surface area contributed by atoms with Crippen LogP contribution >= 0.6 is 0 Å². The number of hydrogen-bond acceptors (Lipinski definition) is 4. The van der Waals surface area contributed by atoms with E-state index in [2.05, 4.69) is 5.48 Å². The summed E-state index contributed by atoms with van der Waals surface area (Å²) in [5.41, 5.74) is 11.2. The lowest BCUT2D eigenvalue weighted by molar-refractivity contribution is -0.192. The number of carboxylic acid groups (broad SMARTS) is 1. The van der Waals surface area contributed by atoms with E-state index >= 15 is 0 Å². The van der Waals surface area contributed by atoms with E-state index < -0.39 is 12.1 Å². The van der Waals surface area contributed by atoms with Crippen molar-refractivity contribution in [3.05, 3.63) is 60.2 Å². The SMILES string of the molecule is Nc1ccccc1NOCc1ccccc1.O=C(O)C(F)(F)F. The number of carbonyl (C=O) groups is 1. The van der Waals surface area contributed by atoms with Crippen molar-refractivity contribution in [1.29, 1.82) is 0 Å². The molecule has 0 saturated carbocycles. The van der Waals surface area contributed by atoms with Gasteiger partial charge in [0.25, 0.3) is 0 Å². The zero-order valence-electron chi connectivity index (χ0n) is 11.9. The molecule has 0 aliphatic heterocycles. The lowest BCUT2D eigenvalue weighted by atomic mass is 10.2. The first-order valence-corrected chi connectivity index (χ1v) is 6.37. The molecule has 0 heterocycles. The Labute approximate surface area is 130 Å².